The second kappa shape index (κ2) is 4.39. The third-order valence-electron chi connectivity index (χ3n) is 2.13. The van der Waals surface area contributed by atoms with Crippen LogP contribution in [0.2, 0.25) is 0 Å². The average molecular weight is 184 g/mol. The number of aromatic nitrogens is 2. The molecule has 1 heterocycles. The highest BCUT2D eigenvalue weighted by atomic mass is 16.5. The lowest BCUT2D eigenvalue weighted by atomic mass is 10.0. The van der Waals surface area contributed by atoms with Gasteiger partial charge < -0.3 is 9.84 Å². The zero-order valence-electron chi connectivity index (χ0n) is 8.27. The van der Waals surface area contributed by atoms with Gasteiger partial charge in [0.1, 0.15) is 6.10 Å². The summed E-state index contributed by atoms with van der Waals surface area (Å²) in [5.41, 5.74) is 0.824. The molecule has 0 saturated heterocycles. The molecule has 0 aromatic carbocycles. The average Bonchev–Trinajstić information content (AvgIpc) is 2.50. The van der Waals surface area contributed by atoms with E-state index in [2.05, 4.69) is 5.10 Å². The largest absolute Gasteiger partial charge is 0.386 e. The molecule has 4 heteroatoms. The molecule has 0 aliphatic heterocycles. The monoisotopic (exact) mass is 184 g/mol. The molecule has 1 aromatic rings. The predicted octanol–water partition coefficient (Wildman–Crippen LogP) is 0.736. The van der Waals surface area contributed by atoms with E-state index >= 15 is 0 Å². The van der Waals surface area contributed by atoms with E-state index < -0.39 is 6.10 Å². The first-order valence-electron chi connectivity index (χ1n) is 4.31. The van der Waals surface area contributed by atoms with Gasteiger partial charge in [-0.05, 0) is 6.07 Å². The zero-order valence-corrected chi connectivity index (χ0v) is 8.27. The highest BCUT2D eigenvalue weighted by Gasteiger charge is 2.18. The number of rotatable bonds is 4. The molecule has 1 aromatic heterocycles. The number of aliphatic hydroxyl groups excluding tert-OH is 1. The van der Waals surface area contributed by atoms with Crippen molar-refractivity contribution in [2.24, 2.45) is 13.0 Å². The van der Waals surface area contributed by atoms with E-state index in [-0.39, 0.29) is 5.92 Å². The maximum atomic E-state index is 9.85. The Balaban J connectivity index is 2.67. The van der Waals surface area contributed by atoms with E-state index in [0.29, 0.717) is 6.61 Å². The zero-order chi connectivity index (χ0) is 9.84. The second-order valence-corrected chi connectivity index (χ2v) is 3.26. The Labute approximate surface area is 78.1 Å². The number of aryl methyl sites for hydroxylation is 1. The Morgan fingerprint density at radius 1 is 1.69 bits per heavy atom. The van der Waals surface area contributed by atoms with Crippen molar-refractivity contribution in [3.63, 3.8) is 0 Å². The van der Waals surface area contributed by atoms with Gasteiger partial charge >= 0.3 is 0 Å². The van der Waals surface area contributed by atoms with E-state index in [0.717, 1.165) is 5.69 Å². The molecule has 0 radical (unpaired) electrons. The number of hydrogen-bond acceptors (Lipinski definition) is 3. The van der Waals surface area contributed by atoms with Crippen LogP contribution in [0.1, 0.15) is 18.7 Å². The van der Waals surface area contributed by atoms with Crippen molar-refractivity contribution in [1.29, 1.82) is 0 Å². The van der Waals surface area contributed by atoms with Crippen LogP contribution in [-0.4, -0.2) is 28.6 Å². The summed E-state index contributed by atoms with van der Waals surface area (Å²) in [7, 11) is 3.45. The van der Waals surface area contributed by atoms with Gasteiger partial charge in [-0.2, -0.15) is 5.10 Å². The number of ether oxygens (including phenoxy) is 1. The fraction of sp³-hybridized carbons (Fsp3) is 0.667. The third kappa shape index (κ3) is 2.29. The van der Waals surface area contributed by atoms with E-state index in [1.54, 1.807) is 18.0 Å². The molecular formula is C9H16N2O2. The quantitative estimate of drug-likeness (QED) is 0.750. The van der Waals surface area contributed by atoms with Crippen molar-refractivity contribution < 1.29 is 9.84 Å². The molecular weight excluding hydrogens is 168 g/mol. The van der Waals surface area contributed by atoms with Crippen molar-refractivity contribution in [3.8, 4) is 0 Å². The Morgan fingerprint density at radius 2 is 2.38 bits per heavy atom. The summed E-state index contributed by atoms with van der Waals surface area (Å²) in [5, 5.41) is 13.8. The Morgan fingerprint density at radius 3 is 2.85 bits per heavy atom. The minimum atomic E-state index is -0.507. The van der Waals surface area contributed by atoms with Gasteiger partial charge in [-0.15, -0.1) is 0 Å². The molecule has 1 N–H and O–H groups in total. The standard InChI is InChI=1S/C9H16N2O2/c1-7(6-13-3)9(12)8-4-5-10-11(8)2/h4-5,7,9,12H,6H2,1-3H3. The summed E-state index contributed by atoms with van der Waals surface area (Å²) in [6, 6.07) is 1.82. The maximum absolute atomic E-state index is 9.85. The van der Waals surface area contributed by atoms with Crippen LogP contribution in [0.5, 0.6) is 0 Å². The van der Waals surface area contributed by atoms with Gasteiger partial charge in [0, 0.05) is 26.3 Å². The summed E-state index contributed by atoms with van der Waals surface area (Å²) in [6.45, 7) is 2.49. The van der Waals surface area contributed by atoms with Crippen molar-refractivity contribution in [2.75, 3.05) is 13.7 Å². The maximum Gasteiger partial charge on any atom is 0.100 e. The van der Waals surface area contributed by atoms with Crippen LogP contribution >= 0.6 is 0 Å². The topological polar surface area (TPSA) is 47.3 Å². The van der Waals surface area contributed by atoms with Crippen LogP contribution < -0.4 is 0 Å². The molecule has 0 amide bonds. The summed E-state index contributed by atoms with van der Waals surface area (Å²) >= 11 is 0. The smallest absolute Gasteiger partial charge is 0.100 e. The van der Waals surface area contributed by atoms with Gasteiger partial charge in [0.25, 0.3) is 0 Å². The molecule has 2 atom stereocenters. The lowest BCUT2D eigenvalue weighted by Gasteiger charge is -2.17. The number of nitrogens with zero attached hydrogens (tertiary/aromatic N) is 2. The number of hydrogen-bond donors (Lipinski definition) is 1. The number of methoxy groups -OCH3 is 1. The van der Waals surface area contributed by atoms with Gasteiger partial charge in [0.2, 0.25) is 0 Å². The minimum Gasteiger partial charge on any atom is -0.386 e. The predicted molar refractivity (Wildman–Crippen MR) is 49.2 cm³/mol. The van der Waals surface area contributed by atoms with Crippen molar-refractivity contribution >= 4 is 0 Å². The summed E-state index contributed by atoms with van der Waals surface area (Å²) in [6.07, 6.45) is 1.17. The molecule has 74 valence electrons. The Bertz CT molecular complexity index is 260. The molecule has 0 fully saturated rings. The van der Waals surface area contributed by atoms with Crippen LogP contribution in [-0.2, 0) is 11.8 Å². The first-order chi connectivity index (χ1) is 6.16. The molecule has 0 bridgehead atoms. The van der Waals surface area contributed by atoms with Gasteiger partial charge in [-0.1, -0.05) is 6.92 Å². The molecule has 13 heavy (non-hydrogen) atoms. The van der Waals surface area contributed by atoms with Crippen molar-refractivity contribution in [2.45, 2.75) is 13.0 Å². The van der Waals surface area contributed by atoms with Gasteiger partial charge in [-0.3, -0.25) is 4.68 Å². The summed E-state index contributed by atoms with van der Waals surface area (Å²) in [4.78, 5) is 0. The van der Waals surface area contributed by atoms with Crippen LogP contribution in [0.4, 0.5) is 0 Å². The van der Waals surface area contributed by atoms with Crippen LogP contribution in [0, 0.1) is 5.92 Å². The molecule has 0 saturated carbocycles. The summed E-state index contributed by atoms with van der Waals surface area (Å²) in [5.74, 6) is 0.0837. The molecule has 4 nitrogen and oxygen atoms in total. The highest BCUT2D eigenvalue weighted by molar-refractivity contribution is 5.04. The molecule has 0 spiro atoms. The van der Waals surface area contributed by atoms with E-state index in [9.17, 15) is 5.11 Å². The first kappa shape index (κ1) is 10.2. The summed E-state index contributed by atoms with van der Waals surface area (Å²) < 4.78 is 6.65. The van der Waals surface area contributed by atoms with Gasteiger partial charge in [0.05, 0.1) is 12.3 Å². The number of aliphatic hydroxyl groups is 1. The van der Waals surface area contributed by atoms with Crippen LogP contribution in [0.15, 0.2) is 12.3 Å². The van der Waals surface area contributed by atoms with E-state index in [1.165, 1.54) is 0 Å². The van der Waals surface area contributed by atoms with Gasteiger partial charge in [0.15, 0.2) is 0 Å². The second-order valence-electron chi connectivity index (χ2n) is 3.26. The van der Waals surface area contributed by atoms with Crippen molar-refractivity contribution in [1.82, 2.24) is 9.78 Å². The highest BCUT2D eigenvalue weighted by Crippen LogP contribution is 2.20. The van der Waals surface area contributed by atoms with E-state index in [1.807, 2.05) is 20.0 Å². The molecule has 0 aliphatic rings. The lowest BCUT2D eigenvalue weighted by Crippen LogP contribution is -2.17. The van der Waals surface area contributed by atoms with E-state index in [4.69, 9.17) is 4.74 Å². The van der Waals surface area contributed by atoms with Crippen LogP contribution in [0.25, 0.3) is 0 Å². The third-order valence-corrected chi connectivity index (χ3v) is 2.13. The molecule has 0 aliphatic carbocycles. The van der Waals surface area contributed by atoms with Crippen LogP contribution in [0.3, 0.4) is 0 Å². The lowest BCUT2D eigenvalue weighted by molar-refractivity contribution is 0.0517. The molecule has 2 unspecified atom stereocenters. The first-order valence-corrected chi connectivity index (χ1v) is 4.31. The SMILES string of the molecule is COCC(C)C(O)c1ccnn1C. The Hall–Kier alpha value is -0.870. The fourth-order valence-electron chi connectivity index (χ4n) is 1.32. The van der Waals surface area contributed by atoms with Crippen molar-refractivity contribution in [3.05, 3.63) is 18.0 Å². The minimum absolute atomic E-state index is 0.0837. The van der Waals surface area contributed by atoms with Gasteiger partial charge in [-0.25, -0.2) is 0 Å². The molecule has 1 rings (SSSR count). The Kier molecular flexibility index (Phi) is 3.45. The normalized spacial score (nSPS) is 15.7. The fourth-order valence-corrected chi connectivity index (χ4v) is 1.32.